The van der Waals surface area contributed by atoms with Crippen LogP contribution in [0.25, 0.3) is 0 Å². The molecule has 2 unspecified atom stereocenters. The lowest BCUT2D eigenvalue weighted by atomic mass is 10.1. The Morgan fingerprint density at radius 1 is 1.16 bits per heavy atom. The zero-order chi connectivity index (χ0) is 13.2. The van der Waals surface area contributed by atoms with E-state index < -0.39 is 0 Å². The molecule has 2 heterocycles. The van der Waals surface area contributed by atoms with Crippen molar-refractivity contribution in [2.75, 3.05) is 32.1 Å². The van der Waals surface area contributed by atoms with Crippen molar-refractivity contribution in [3.05, 3.63) is 29.8 Å². The first-order chi connectivity index (χ1) is 9.24. The number of nitrogens with zero attached hydrogens (tertiary/aromatic N) is 2. The largest absolute Gasteiger partial charge is 0.378 e. The van der Waals surface area contributed by atoms with Crippen LogP contribution in [-0.2, 0) is 6.54 Å². The van der Waals surface area contributed by atoms with E-state index in [1.54, 1.807) is 0 Å². The van der Waals surface area contributed by atoms with E-state index in [2.05, 4.69) is 53.5 Å². The highest BCUT2D eigenvalue weighted by molar-refractivity contribution is 5.45. The summed E-state index contributed by atoms with van der Waals surface area (Å²) in [4.78, 5) is 4.80. The van der Waals surface area contributed by atoms with Gasteiger partial charge in [-0.15, -0.1) is 0 Å². The predicted molar refractivity (Wildman–Crippen MR) is 80.6 cm³/mol. The van der Waals surface area contributed by atoms with E-state index in [0.29, 0.717) is 6.04 Å². The van der Waals surface area contributed by atoms with E-state index in [0.717, 1.165) is 12.6 Å². The first-order valence-electron chi connectivity index (χ1n) is 7.48. The van der Waals surface area contributed by atoms with Crippen LogP contribution in [0.1, 0.15) is 24.8 Å². The molecule has 3 rings (SSSR count). The molecule has 0 amide bonds. The molecule has 3 heteroatoms. The van der Waals surface area contributed by atoms with E-state index in [1.165, 1.54) is 43.6 Å². The Bertz CT molecular complexity index is 413. The normalized spacial score (nSPS) is 26.6. The number of rotatable bonds is 4. The molecule has 2 atom stereocenters. The van der Waals surface area contributed by atoms with Gasteiger partial charge in [0.25, 0.3) is 0 Å². The van der Waals surface area contributed by atoms with Crippen LogP contribution in [-0.4, -0.2) is 44.2 Å². The van der Waals surface area contributed by atoms with Gasteiger partial charge in [-0.25, -0.2) is 0 Å². The summed E-state index contributed by atoms with van der Waals surface area (Å²) in [6, 6.07) is 10.4. The lowest BCUT2D eigenvalue weighted by molar-refractivity contribution is 0.298. The first kappa shape index (κ1) is 12.9. The molecular weight excluding hydrogens is 234 g/mol. The zero-order valence-electron chi connectivity index (χ0n) is 12.1. The molecule has 2 aliphatic heterocycles. The number of benzene rings is 1. The van der Waals surface area contributed by atoms with E-state index in [1.807, 2.05) is 0 Å². The van der Waals surface area contributed by atoms with Crippen LogP contribution >= 0.6 is 0 Å². The average molecular weight is 259 g/mol. The van der Waals surface area contributed by atoms with Gasteiger partial charge in [0.15, 0.2) is 0 Å². The van der Waals surface area contributed by atoms with Gasteiger partial charge in [0, 0.05) is 45.0 Å². The van der Waals surface area contributed by atoms with Crippen LogP contribution in [0.15, 0.2) is 24.3 Å². The van der Waals surface area contributed by atoms with Gasteiger partial charge >= 0.3 is 0 Å². The van der Waals surface area contributed by atoms with Crippen molar-refractivity contribution in [2.45, 2.75) is 37.9 Å². The van der Waals surface area contributed by atoms with E-state index in [-0.39, 0.29) is 0 Å². The van der Waals surface area contributed by atoms with Crippen molar-refractivity contribution >= 4 is 5.69 Å². The molecule has 1 aromatic carbocycles. The van der Waals surface area contributed by atoms with Gasteiger partial charge < -0.3 is 10.2 Å². The molecule has 0 bridgehead atoms. The topological polar surface area (TPSA) is 18.5 Å². The minimum Gasteiger partial charge on any atom is -0.378 e. The second kappa shape index (κ2) is 5.51. The number of hydrogen-bond acceptors (Lipinski definition) is 3. The summed E-state index contributed by atoms with van der Waals surface area (Å²) < 4.78 is 0. The monoisotopic (exact) mass is 259 g/mol. The minimum atomic E-state index is 0.705. The number of fused-ring (bicyclic) bond motifs is 1. The van der Waals surface area contributed by atoms with Gasteiger partial charge in [0.05, 0.1) is 0 Å². The van der Waals surface area contributed by atoms with Gasteiger partial charge in [-0.1, -0.05) is 12.1 Å². The highest BCUT2D eigenvalue weighted by Gasteiger charge is 2.36. The SMILES string of the molecule is CN(C)c1ccc(CNC2CCN3CCCC23)cc1. The summed E-state index contributed by atoms with van der Waals surface area (Å²) in [6.45, 7) is 3.62. The summed E-state index contributed by atoms with van der Waals surface area (Å²) in [5, 5.41) is 3.76. The Labute approximate surface area is 116 Å². The smallest absolute Gasteiger partial charge is 0.0361 e. The lowest BCUT2D eigenvalue weighted by Gasteiger charge is -2.21. The van der Waals surface area contributed by atoms with Gasteiger partial charge in [0.1, 0.15) is 0 Å². The maximum Gasteiger partial charge on any atom is 0.0361 e. The van der Waals surface area contributed by atoms with Crippen LogP contribution in [0.5, 0.6) is 0 Å². The fourth-order valence-corrected chi connectivity index (χ4v) is 3.48. The number of nitrogens with one attached hydrogen (secondary N) is 1. The molecule has 1 aromatic rings. The van der Waals surface area contributed by atoms with Gasteiger partial charge in [-0.3, -0.25) is 4.90 Å². The molecule has 2 saturated heterocycles. The Morgan fingerprint density at radius 3 is 2.68 bits per heavy atom. The third-order valence-corrected chi connectivity index (χ3v) is 4.63. The first-order valence-corrected chi connectivity index (χ1v) is 7.48. The summed E-state index contributed by atoms with van der Waals surface area (Å²) in [5.74, 6) is 0. The molecule has 19 heavy (non-hydrogen) atoms. The van der Waals surface area contributed by atoms with Gasteiger partial charge in [-0.2, -0.15) is 0 Å². The molecule has 0 spiro atoms. The maximum atomic E-state index is 3.76. The molecular formula is C16H25N3. The van der Waals surface area contributed by atoms with Crippen LogP contribution < -0.4 is 10.2 Å². The lowest BCUT2D eigenvalue weighted by Crippen LogP contribution is -2.38. The van der Waals surface area contributed by atoms with E-state index in [9.17, 15) is 0 Å². The van der Waals surface area contributed by atoms with Crippen molar-refractivity contribution in [3.63, 3.8) is 0 Å². The third kappa shape index (κ3) is 2.77. The Balaban J connectivity index is 1.54. The van der Waals surface area contributed by atoms with Crippen LogP contribution in [0.4, 0.5) is 5.69 Å². The van der Waals surface area contributed by atoms with E-state index >= 15 is 0 Å². The highest BCUT2D eigenvalue weighted by Crippen LogP contribution is 2.28. The van der Waals surface area contributed by atoms with Crippen molar-refractivity contribution in [1.82, 2.24) is 10.2 Å². The Hall–Kier alpha value is -1.06. The van der Waals surface area contributed by atoms with Crippen molar-refractivity contribution in [1.29, 1.82) is 0 Å². The van der Waals surface area contributed by atoms with Crippen molar-refractivity contribution in [2.24, 2.45) is 0 Å². The predicted octanol–water partition coefficient (Wildman–Crippen LogP) is 2.08. The van der Waals surface area contributed by atoms with Crippen molar-refractivity contribution < 1.29 is 0 Å². The maximum absolute atomic E-state index is 3.76. The fourth-order valence-electron chi connectivity index (χ4n) is 3.48. The standard InChI is InChI=1S/C16H25N3/c1-18(2)14-7-5-13(6-8-14)12-17-15-9-11-19-10-3-4-16(15)19/h5-8,15-17H,3-4,9-12H2,1-2H3. The highest BCUT2D eigenvalue weighted by atomic mass is 15.2. The number of hydrogen-bond donors (Lipinski definition) is 1. The molecule has 0 saturated carbocycles. The molecule has 104 valence electrons. The summed E-state index contributed by atoms with van der Waals surface area (Å²) in [6.07, 6.45) is 4.10. The Kier molecular flexibility index (Phi) is 3.76. The summed E-state index contributed by atoms with van der Waals surface area (Å²) in [5.41, 5.74) is 2.66. The van der Waals surface area contributed by atoms with Gasteiger partial charge in [0.2, 0.25) is 0 Å². The summed E-state index contributed by atoms with van der Waals surface area (Å²) >= 11 is 0. The Morgan fingerprint density at radius 2 is 1.95 bits per heavy atom. The van der Waals surface area contributed by atoms with Crippen molar-refractivity contribution in [3.8, 4) is 0 Å². The fraction of sp³-hybridized carbons (Fsp3) is 0.625. The minimum absolute atomic E-state index is 0.705. The summed E-state index contributed by atoms with van der Waals surface area (Å²) in [7, 11) is 4.17. The van der Waals surface area contributed by atoms with Crippen LogP contribution in [0, 0.1) is 0 Å². The number of anilines is 1. The second-order valence-electron chi connectivity index (χ2n) is 6.08. The van der Waals surface area contributed by atoms with Crippen LogP contribution in [0.2, 0.25) is 0 Å². The molecule has 1 N–H and O–H groups in total. The van der Waals surface area contributed by atoms with Crippen LogP contribution in [0.3, 0.4) is 0 Å². The third-order valence-electron chi connectivity index (χ3n) is 4.63. The van der Waals surface area contributed by atoms with Gasteiger partial charge in [-0.05, 0) is 43.5 Å². The molecule has 0 aliphatic carbocycles. The van der Waals surface area contributed by atoms with E-state index in [4.69, 9.17) is 0 Å². The molecule has 2 fully saturated rings. The molecule has 2 aliphatic rings. The quantitative estimate of drug-likeness (QED) is 0.893. The second-order valence-corrected chi connectivity index (χ2v) is 6.08. The zero-order valence-corrected chi connectivity index (χ0v) is 12.1. The molecule has 3 nitrogen and oxygen atoms in total. The average Bonchev–Trinajstić information content (AvgIpc) is 3.00. The molecule has 0 aromatic heterocycles. The molecule has 0 radical (unpaired) electrons.